The van der Waals surface area contributed by atoms with Crippen molar-refractivity contribution >= 4 is 56.6 Å². The summed E-state index contributed by atoms with van der Waals surface area (Å²) >= 11 is 2.81. The van der Waals surface area contributed by atoms with Crippen LogP contribution in [-0.4, -0.2) is 27.0 Å². The molecule has 0 saturated heterocycles. The summed E-state index contributed by atoms with van der Waals surface area (Å²) in [6.45, 7) is 5.79. The molecular formula is C18H19N5O2S2. The Bertz CT molecular complexity index is 1030. The number of anilines is 2. The molecule has 1 atom stereocenters. The van der Waals surface area contributed by atoms with Gasteiger partial charge in [-0.2, -0.15) is 0 Å². The lowest BCUT2D eigenvalue weighted by Gasteiger charge is -2.12. The van der Waals surface area contributed by atoms with Gasteiger partial charge in [0.1, 0.15) is 10.6 Å². The molecule has 0 radical (unpaired) electrons. The lowest BCUT2D eigenvalue weighted by atomic mass is 10.2. The molecule has 3 rings (SSSR count). The lowest BCUT2D eigenvalue weighted by molar-refractivity contribution is -0.115. The van der Waals surface area contributed by atoms with Crippen molar-refractivity contribution in [3.8, 4) is 0 Å². The molecule has 1 unspecified atom stereocenters. The van der Waals surface area contributed by atoms with Gasteiger partial charge in [-0.25, -0.2) is 9.97 Å². The van der Waals surface area contributed by atoms with E-state index in [2.05, 4.69) is 15.3 Å². The molecule has 2 amide bonds. The number of primary amides is 1. The molecule has 3 aromatic rings. The minimum absolute atomic E-state index is 0.201. The van der Waals surface area contributed by atoms with Gasteiger partial charge in [0.05, 0.1) is 10.6 Å². The Morgan fingerprint density at radius 3 is 2.48 bits per heavy atom. The number of nitrogen functional groups attached to an aromatic ring is 1. The predicted octanol–water partition coefficient (Wildman–Crippen LogP) is 3.11. The number of hydrogen-bond acceptors (Lipinski definition) is 7. The highest BCUT2D eigenvalue weighted by Crippen LogP contribution is 2.34. The van der Waals surface area contributed by atoms with Crippen LogP contribution >= 0.6 is 23.1 Å². The third-order valence-electron chi connectivity index (χ3n) is 4.12. The molecule has 0 fully saturated rings. The van der Waals surface area contributed by atoms with E-state index in [0.29, 0.717) is 22.2 Å². The maximum atomic E-state index is 12.4. The summed E-state index contributed by atoms with van der Waals surface area (Å²) in [7, 11) is 0. The van der Waals surface area contributed by atoms with Crippen molar-refractivity contribution < 1.29 is 9.59 Å². The second-order valence-electron chi connectivity index (χ2n) is 6.05. The van der Waals surface area contributed by atoms with E-state index in [1.165, 1.54) is 11.8 Å². The SMILES string of the molecule is Cc1sc2nc(SC(C)C(=O)Nc3ccc(C(N)=O)cc3)nc(N)c2c1C. The highest BCUT2D eigenvalue weighted by atomic mass is 32.2. The van der Waals surface area contributed by atoms with E-state index in [1.54, 1.807) is 42.5 Å². The van der Waals surface area contributed by atoms with Gasteiger partial charge in [-0.15, -0.1) is 11.3 Å². The third-order valence-corrected chi connectivity index (χ3v) is 6.19. The normalized spacial score (nSPS) is 12.1. The maximum Gasteiger partial charge on any atom is 0.248 e. The van der Waals surface area contributed by atoms with E-state index < -0.39 is 11.2 Å². The Hall–Kier alpha value is -2.65. The number of nitrogens with one attached hydrogen (secondary N) is 1. The number of thioether (sulfide) groups is 1. The van der Waals surface area contributed by atoms with E-state index in [1.807, 2.05) is 13.8 Å². The van der Waals surface area contributed by atoms with E-state index >= 15 is 0 Å². The standard InChI is InChI=1S/C18H19N5O2S2/c1-8-9(2)26-17-13(8)14(19)22-18(23-17)27-10(3)16(25)21-12-6-4-11(5-7-12)15(20)24/h4-7,10H,1-3H3,(H2,20,24)(H,21,25)(H2,19,22,23). The van der Waals surface area contributed by atoms with Crippen LogP contribution < -0.4 is 16.8 Å². The first kappa shape index (κ1) is 19.1. The number of thiophene rings is 1. The Morgan fingerprint density at radius 2 is 1.85 bits per heavy atom. The van der Waals surface area contributed by atoms with E-state index in [0.717, 1.165) is 20.7 Å². The zero-order chi connectivity index (χ0) is 19.7. The molecule has 140 valence electrons. The van der Waals surface area contributed by atoms with Crippen LogP contribution in [0.2, 0.25) is 0 Å². The fraction of sp³-hybridized carbons (Fsp3) is 0.222. The molecule has 0 bridgehead atoms. The molecular weight excluding hydrogens is 382 g/mol. The minimum atomic E-state index is -0.513. The van der Waals surface area contributed by atoms with Gasteiger partial charge >= 0.3 is 0 Å². The van der Waals surface area contributed by atoms with Crippen LogP contribution in [0.1, 0.15) is 27.7 Å². The first-order chi connectivity index (χ1) is 12.8. The maximum absolute atomic E-state index is 12.4. The van der Waals surface area contributed by atoms with Crippen molar-refractivity contribution in [3.05, 3.63) is 40.3 Å². The number of carbonyl (C=O) groups is 2. The monoisotopic (exact) mass is 401 g/mol. The largest absolute Gasteiger partial charge is 0.383 e. The van der Waals surface area contributed by atoms with Crippen molar-refractivity contribution in [1.82, 2.24) is 9.97 Å². The van der Waals surface area contributed by atoms with Crippen LogP contribution in [0, 0.1) is 13.8 Å². The summed E-state index contributed by atoms with van der Waals surface area (Å²) in [4.78, 5) is 34.4. The fourth-order valence-electron chi connectivity index (χ4n) is 2.49. The average molecular weight is 402 g/mol. The number of fused-ring (bicyclic) bond motifs is 1. The first-order valence-corrected chi connectivity index (χ1v) is 9.86. The average Bonchev–Trinajstić information content (AvgIpc) is 2.89. The minimum Gasteiger partial charge on any atom is -0.383 e. The number of nitrogens with two attached hydrogens (primary N) is 2. The van der Waals surface area contributed by atoms with Crippen LogP contribution in [0.15, 0.2) is 29.4 Å². The number of benzene rings is 1. The highest BCUT2D eigenvalue weighted by Gasteiger charge is 2.19. The summed E-state index contributed by atoms with van der Waals surface area (Å²) in [6.07, 6.45) is 0. The van der Waals surface area contributed by atoms with Crippen molar-refractivity contribution in [2.24, 2.45) is 5.73 Å². The Morgan fingerprint density at radius 1 is 1.19 bits per heavy atom. The number of nitrogens with zero attached hydrogens (tertiary/aromatic N) is 2. The van der Waals surface area contributed by atoms with Crippen LogP contribution in [0.4, 0.5) is 11.5 Å². The highest BCUT2D eigenvalue weighted by molar-refractivity contribution is 8.00. The van der Waals surface area contributed by atoms with Crippen molar-refractivity contribution in [2.45, 2.75) is 31.2 Å². The van der Waals surface area contributed by atoms with Gasteiger partial charge in [-0.1, -0.05) is 11.8 Å². The molecule has 9 heteroatoms. The third kappa shape index (κ3) is 4.04. The topological polar surface area (TPSA) is 124 Å². The summed E-state index contributed by atoms with van der Waals surface area (Å²) in [5.41, 5.74) is 13.4. The molecule has 0 saturated carbocycles. The second-order valence-corrected chi connectivity index (χ2v) is 8.56. The van der Waals surface area contributed by atoms with Gasteiger partial charge in [0.2, 0.25) is 11.8 Å². The summed E-state index contributed by atoms with van der Waals surface area (Å²) in [6, 6.07) is 6.39. The predicted molar refractivity (Wildman–Crippen MR) is 110 cm³/mol. The van der Waals surface area contributed by atoms with Gasteiger partial charge in [0.25, 0.3) is 0 Å². The van der Waals surface area contributed by atoms with Gasteiger partial charge < -0.3 is 16.8 Å². The van der Waals surface area contributed by atoms with Crippen molar-refractivity contribution in [2.75, 3.05) is 11.1 Å². The van der Waals surface area contributed by atoms with Gasteiger partial charge in [-0.3, -0.25) is 9.59 Å². The van der Waals surface area contributed by atoms with Gasteiger partial charge in [0, 0.05) is 16.1 Å². The second kappa shape index (κ2) is 7.53. The summed E-state index contributed by atoms with van der Waals surface area (Å²) < 4.78 is 0. The zero-order valence-electron chi connectivity index (χ0n) is 15.1. The summed E-state index contributed by atoms with van der Waals surface area (Å²) in [5.74, 6) is -0.285. The molecule has 0 aliphatic rings. The number of amides is 2. The van der Waals surface area contributed by atoms with E-state index in [4.69, 9.17) is 11.5 Å². The van der Waals surface area contributed by atoms with Crippen LogP contribution in [0.25, 0.3) is 10.2 Å². The molecule has 2 heterocycles. The molecule has 0 spiro atoms. The molecule has 2 aromatic heterocycles. The van der Waals surface area contributed by atoms with Crippen molar-refractivity contribution in [1.29, 1.82) is 0 Å². The fourth-order valence-corrected chi connectivity index (χ4v) is 4.36. The molecule has 0 aliphatic heterocycles. The van der Waals surface area contributed by atoms with Crippen LogP contribution in [-0.2, 0) is 4.79 Å². The smallest absolute Gasteiger partial charge is 0.248 e. The number of aryl methyl sites for hydroxylation is 2. The molecule has 5 N–H and O–H groups in total. The molecule has 7 nitrogen and oxygen atoms in total. The molecule has 1 aromatic carbocycles. The van der Waals surface area contributed by atoms with Crippen LogP contribution in [0.3, 0.4) is 0 Å². The van der Waals surface area contributed by atoms with Crippen LogP contribution in [0.5, 0.6) is 0 Å². The van der Waals surface area contributed by atoms with E-state index in [-0.39, 0.29) is 5.91 Å². The lowest BCUT2D eigenvalue weighted by Crippen LogP contribution is -2.22. The number of aromatic nitrogens is 2. The quantitative estimate of drug-likeness (QED) is 0.446. The zero-order valence-corrected chi connectivity index (χ0v) is 16.7. The van der Waals surface area contributed by atoms with E-state index in [9.17, 15) is 9.59 Å². The Balaban J connectivity index is 1.72. The van der Waals surface area contributed by atoms with Gasteiger partial charge in [-0.05, 0) is 50.6 Å². The number of carbonyl (C=O) groups excluding carboxylic acids is 2. The van der Waals surface area contributed by atoms with Gasteiger partial charge in [0.15, 0.2) is 5.16 Å². The van der Waals surface area contributed by atoms with Crippen molar-refractivity contribution in [3.63, 3.8) is 0 Å². The number of rotatable bonds is 5. The first-order valence-electron chi connectivity index (χ1n) is 8.17. The summed E-state index contributed by atoms with van der Waals surface area (Å²) in [5, 5.41) is 3.71. The Kier molecular flexibility index (Phi) is 5.33. The Labute approximate surface area is 164 Å². The molecule has 0 aliphatic carbocycles. The number of hydrogen-bond donors (Lipinski definition) is 3. The molecule has 27 heavy (non-hydrogen) atoms.